The number of amides is 1. The van der Waals surface area contributed by atoms with E-state index in [2.05, 4.69) is 4.89 Å². The van der Waals surface area contributed by atoms with E-state index in [0.717, 1.165) is 11.3 Å². The second kappa shape index (κ2) is 5.40. The minimum absolute atomic E-state index is 0.0430. The summed E-state index contributed by atoms with van der Waals surface area (Å²) in [5, 5.41) is 0. The zero-order valence-corrected chi connectivity index (χ0v) is 13.5. The number of fused-ring (bicyclic) bond motifs is 1. The highest BCUT2D eigenvalue weighted by Crippen LogP contribution is 2.30. The van der Waals surface area contributed by atoms with Gasteiger partial charge in [-0.25, -0.2) is 8.42 Å². The molecule has 0 saturated carbocycles. The Hall–Kier alpha value is -1.44. The second-order valence-corrected chi connectivity index (χ2v) is 7.66. The predicted octanol–water partition coefficient (Wildman–Crippen LogP) is 1.60. The minimum atomic E-state index is -3.73. The molecule has 1 aliphatic heterocycles. The summed E-state index contributed by atoms with van der Waals surface area (Å²) in [7, 11) is -3.73. The molecule has 0 unspecified atom stereocenters. The van der Waals surface area contributed by atoms with Gasteiger partial charge in [0.15, 0.2) is 0 Å². The molecule has 21 heavy (non-hydrogen) atoms. The molecule has 0 radical (unpaired) electrons. The lowest BCUT2D eigenvalue weighted by molar-refractivity contribution is -0.116. The number of sulfonamides is 1. The molecular formula is C14H20N2O4S. The second-order valence-electron chi connectivity index (χ2n) is 6.01. The van der Waals surface area contributed by atoms with E-state index in [0.29, 0.717) is 13.0 Å². The van der Waals surface area contributed by atoms with E-state index in [4.69, 9.17) is 4.84 Å². The van der Waals surface area contributed by atoms with Crippen molar-refractivity contribution < 1.29 is 18.0 Å². The van der Waals surface area contributed by atoms with Crippen molar-refractivity contribution in [3.8, 4) is 0 Å². The largest absolute Gasteiger partial charge is 0.312 e. The summed E-state index contributed by atoms with van der Waals surface area (Å²) in [5.41, 5.74) is 1.01. The summed E-state index contributed by atoms with van der Waals surface area (Å²) in [6, 6.07) is 4.73. The van der Waals surface area contributed by atoms with Gasteiger partial charge < -0.3 is 4.90 Å². The van der Waals surface area contributed by atoms with Crippen LogP contribution in [0.15, 0.2) is 23.1 Å². The van der Waals surface area contributed by atoms with Crippen molar-refractivity contribution >= 4 is 21.6 Å². The van der Waals surface area contributed by atoms with Crippen LogP contribution in [-0.4, -0.2) is 26.5 Å². The third-order valence-electron chi connectivity index (χ3n) is 3.09. The Kier molecular flexibility index (Phi) is 4.10. The van der Waals surface area contributed by atoms with Gasteiger partial charge in [-0.2, -0.15) is 0 Å². The van der Waals surface area contributed by atoms with E-state index in [1.165, 1.54) is 13.0 Å². The van der Waals surface area contributed by atoms with Crippen LogP contribution in [0.25, 0.3) is 0 Å². The van der Waals surface area contributed by atoms with Gasteiger partial charge in [-0.05, 0) is 51.0 Å². The number of anilines is 1. The molecule has 0 fully saturated rings. The molecule has 1 heterocycles. The van der Waals surface area contributed by atoms with Crippen molar-refractivity contribution in [2.24, 2.45) is 0 Å². The molecule has 0 aliphatic carbocycles. The predicted molar refractivity (Wildman–Crippen MR) is 79.3 cm³/mol. The van der Waals surface area contributed by atoms with Crippen LogP contribution in [0.5, 0.6) is 0 Å². The smallest absolute Gasteiger partial charge is 0.262 e. The molecule has 0 aromatic heterocycles. The van der Waals surface area contributed by atoms with Crippen LogP contribution < -0.4 is 9.79 Å². The Balaban J connectivity index is 2.25. The average molecular weight is 312 g/mol. The maximum absolute atomic E-state index is 12.2. The number of benzene rings is 1. The molecule has 1 amide bonds. The van der Waals surface area contributed by atoms with Crippen LogP contribution in [0.4, 0.5) is 5.69 Å². The molecule has 2 rings (SSSR count). The molecule has 0 bridgehead atoms. The van der Waals surface area contributed by atoms with Gasteiger partial charge >= 0.3 is 0 Å². The summed E-state index contributed by atoms with van der Waals surface area (Å²) in [4.78, 5) is 20.5. The molecule has 1 aliphatic rings. The Morgan fingerprint density at radius 3 is 2.57 bits per heavy atom. The van der Waals surface area contributed by atoms with E-state index in [-0.39, 0.29) is 10.8 Å². The lowest BCUT2D eigenvalue weighted by Crippen LogP contribution is -2.33. The Bertz CT molecular complexity index is 662. The lowest BCUT2D eigenvalue weighted by atomic mass is 10.2. The van der Waals surface area contributed by atoms with Crippen LogP contribution in [0.1, 0.15) is 33.3 Å². The molecule has 0 spiro atoms. The summed E-state index contributed by atoms with van der Waals surface area (Å²) >= 11 is 0. The molecule has 0 saturated heterocycles. The highest BCUT2D eigenvalue weighted by atomic mass is 32.2. The number of rotatable bonds is 3. The molecule has 1 aromatic rings. The monoisotopic (exact) mass is 312 g/mol. The number of nitrogens with zero attached hydrogens (tertiary/aromatic N) is 1. The van der Waals surface area contributed by atoms with Crippen molar-refractivity contribution in [1.29, 1.82) is 0 Å². The number of hydrogen-bond acceptors (Lipinski definition) is 4. The number of carbonyl (C=O) groups excluding carboxylic acids is 1. The van der Waals surface area contributed by atoms with E-state index in [1.807, 2.05) is 0 Å². The van der Waals surface area contributed by atoms with Crippen molar-refractivity contribution in [2.75, 3.05) is 11.4 Å². The summed E-state index contributed by atoms with van der Waals surface area (Å²) in [6.07, 6.45) is 0.651. The minimum Gasteiger partial charge on any atom is -0.312 e. The van der Waals surface area contributed by atoms with Crippen LogP contribution in [0.2, 0.25) is 0 Å². The first-order chi connectivity index (χ1) is 9.60. The summed E-state index contributed by atoms with van der Waals surface area (Å²) in [6.45, 7) is 7.34. The summed E-state index contributed by atoms with van der Waals surface area (Å²) < 4.78 is 24.4. The van der Waals surface area contributed by atoms with E-state index < -0.39 is 15.6 Å². The summed E-state index contributed by atoms with van der Waals surface area (Å²) in [5.74, 6) is -0.0430. The van der Waals surface area contributed by atoms with Crippen LogP contribution in [0.3, 0.4) is 0 Å². The van der Waals surface area contributed by atoms with Crippen molar-refractivity contribution in [3.63, 3.8) is 0 Å². The Labute approximate surface area is 125 Å². The van der Waals surface area contributed by atoms with E-state index in [1.54, 1.807) is 37.8 Å². The first-order valence-electron chi connectivity index (χ1n) is 6.71. The van der Waals surface area contributed by atoms with Crippen LogP contribution in [0, 0.1) is 0 Å². The van der Waals surface area contributed by atoms with Gasteiger partial charge in [0, 0.05) is 19.2 Å². The van der Waals surface area contributed by atoms with Gasteiger partial charge in [0.25, 0.3) is 10.0 Å². The van der Waals surface area contributed by atoms with Gasteiger partial charge in [-0.1, -0.05) is 4.89 Å². The number of nitrogens with one attached hydrogen (secondary N) is 1. The fourth-order valence-corrected chi connectivity index (χ4v) is 3.10. The van der Waals surface area contributed by atoms with Gasteiger partial charge in [0.1, 0.15) is 0 Å². The zero-order valence-electron chi connectivity index (χ0n) is 12.6. The standard InChI is InChI=1S/C14H20N2O4S/c1-10(17)16-8-7-11-9-12(5-6-13(11)16)21(18,19)15-20-14(2,3)4/h5-6,9,15H,7-8H2,1-4H3. The first-order valence-corrected chi connectivity index (χ1v) is 8.19. The van der Waals surface area contributed by atoms with Crippen LogP contribution >= 0.6 is 0 Å². The average Bonchev–Trinajstić information content (AvgIpc) is 2.78. The quantitative estimate of drug-likeness (QED) is 0.860. The van der Waals surface area contributed by atoms with Crippen molar-refractivity contribution in [2.45, 2.75) is 44.6 Å². The number of carbonyl (C=O) groups is 1. The zero-order chi connectivity index (χ0) is 15.8. The fourth-order valence-electron chi connectivity index (χ4n) is 2.10. The van der Waals surface area contributed by atoms with Crippen molar-refractivity contribution in [1.82, 2.24) is 4.89 Å². The van der Waals surface area contributed by atoms with Gasteiger partial charge in [-0.3, -0.25) is 9.63 Å². The Morgan fingerprint density at radius 2 is 2.00 bits per heavy atom. The molecule has 6 nitrogen and oxygen atoms in total. The molecule has 1 aromatic carbocycles. The van der Waals surface area contributed by atoms with Crippen molar-refractivity contribution in [3.05, 3.63) is 23.8 Å². The highest BCUT2D eigenvalue weighted by molar-refractivity contribution is 7.89. The fraction of sp³-hybridized carbons (Fsp3) is 0.500. The first kappa shape index (κ1) is 15.9. The maximum atomic E-state index is 12.2. The molecule has 116 valence electrons. The molecule has 1 N–H and O–H groups in total. The molecular weight excluding hydrogens is 292 g/mol. The number of hydrogen-bond donors (Lipinski definition) is 1. The lowest BCUT2D eigenvalue weighted by Gasteiger charge is -2.19. The third-order valence-corrected chi connectivity index (χ3v) is 4.27. The molecule has 7 heteroatoms. The topological polar surface area (TPSA) is 75.7 Å². The van der Waals surface area contributed by atoms with E-state index in [9.17, 15) is 13.2 Å². The SMILES string of the molecule is CC(=O)N1CCc2cc(S(=O)(=O)NOC(C)(C)C)ccc21. The van der Waals surface area contributed by atoms with Gasteiger partial charge in [-0.15, -0.1) is 0 Å². The molecule has 0 atom stereocenters. The Morgan fingerprint density at radius 1 is 1.33 bits per heavy atom. The van der Waals surface area contributed by atoms with E-state index >= 15 is 0 Å². The van der Waals surface area contributed by atoms with Gasteiger partial charge in [0.2, 0.25) is 5.91 Å². The maximum Gasteiger partial charge on any atom is 0.262 e. The normalized spacial score (nSPS) is 15.1. The van der Waals surface area contributed by atoms with Gasteiger partial charge in [0.05, 0.1) is 10.5 Å². The highest BCUT2D eigenvalue weighted by Gasteiger charge is 2.25. The van der Waals surface area contributed by atoms with Crippen LogP contribution in [-0.2, 0) is 26.1 Å². The third kappa shape index (κ3) is 3.61.